The fourth-order valence-corrected chi connectivity index (χ4v) is 3.14. The SMILES string of the molecule is CCCCN(CCCC)C(=O)C(=O)N1CCN(c2ccccc2F)CC1. The lowest BCUT2D eigenvalue weighted by molar-refractivity contribution is -0.152. The summed E-state index contributed by atoms with van der Waals surface area (Å²) >= 11 is 0. The molecule has 5 nitrogen and oxygen atoms in total. The fourth-order valence-electron chi connectivity index (χ4n) is 3.14. The summed E-state index contributed by atoms with van der Waals surface area (Å²) in [4.78, 5) is 30.5. The fraction of sp³-hybridized carbons (Fsp3) is 0.600. The number of nitrogens with zero attached hydrogens (tertiary/aromatic N) is 3. The van der Waals surface area contributed by atoms with Crippen LogP contribution in [0.3, 0.4) is 0 Å². The molecule has 0 N–H and O–H groups in total. The summed E-state index contributed by atoms with van der Waals surface area (Å²) in [6, 6.07) is 6.65. The van der Waals surface area contributed by atoms with Crippen molar-refractivity contribution in [2.75, 3.05) is 44.2 Å². The molecule has 0 aliphatic carbocycles. The second-order valence-electron chi connectivity index (χ2n) is 6.73. The molecule has 6 heteroatoms. The minimum Gasteiger partial charge on any atom is -0.366 e. The zero-order chi connectivity index (χ0) is 18.9. The molecule has 0 aromatic heterocycles. The summed E-state index contributed by atoms with van der Waals surface area (Å²) in [5.74, 6) is -1.08. The normalized spacial score (nSPS) is 14.4. The third-order valence-electron chi connectivity index (χ3n) is 4.79. The second kappa shape index (κ2) is 10.1. The van der Waals surface area contributed by atoms with E-state index >= 15 is 0 Å². The number of piperazine rings is 1. The van der Waals surface area contributed by atoms with Gasteiger partial charge in [-0.1, -0.05) is 38.8 Å². The summed E-state index contributed by atoms with van der Waals surface area (Å²) in [5.41, 5.74) is 0.554. The van der Waals surface area contributed by atoms with E-state index in [1.807, 2.05) is 4.90 Å². The molecular formula is C20H30FN3O2. The highest BCUT2D eigenvalue weighted by molar-refractivity contribution is 6.34. The number of hydrogen-bond donors (Lipinski definition) is 0. The molecule has 2 amide bonds. The highest BCUT2D eigenvalue weighted by Crippen LogP contribution is 2.20. The molecule has 1 heterocycles. The first-order chi connectivity index (χ1) is 12.6. The van der Waals surface area contributed by atoms with Crippen molar-refractivity contribution in [1.29, 1.82) is 0 Å². The van der Waals surface area contributed by atoms with Crippen LogP contribution >= 0.6 is 0 Å². The highest BCUT2D eigenvalue weighted by atomic mass is 19.1. The second-order valence-corrected chi connectivity index (χ2v) is 6.73. The van der Waals surface area contributed by atoms with Crippen LogP contribution in [0.5, 0.6) is 0 Å². The Morgan fingerprint density at radius 2 is 1.58 bits per heavy atom. The molecule has 1 aromatic rings. The van der Waals surface area contributed by atoms with E-state index in [4.69, 9.17) is 0 Å². The van der Waals surface area contributed by atoms with Gasteiger partial charge in [0.15, 0.2) is 0 Å². The van der Waals surface area contributed by atoms with E-state index < -0.39 is 11.8 Å². The lowest BCUT2D eigenvalue weighted by atomic mass is 10.2. The molecule has 1 saturated heterocycles. The van der Waals surface area contributed by atoms with Gasteiger partial charge in [-0.25, -0.2) is 4.39 Å². The lowest BCUT2D eigenvalue weighted by Crippen LogP contribution is -2.53. The molecule has 0 radical (unpaired) electrons. The van der Waals surface area contributed by atoms with Gasteiger partial charge < -0.3 is 14.7 Å². The molecule has 1 fully saturated rings. The quantitative estimate of drug-likeness (QED) is 0.700. The van der Waals surface area contributed by atoms with Crippen molar-refractivity contribution in [3.05, 3.63) is 30.1 Å². The van der Waals surface area contributed by atoms with Gasteiger partial charge >= 0.3 is 11.8 Å². The molecule has 1 aliphatic heterocycles. The molecule has 0 unspecified atom stereocenters. The van der Waals surface area contributed by atoms with Gasteiger partial charge in [0.2, 0.25) is 0 Å². The van der Waals surface area contributed by atoms with E-state index in [1.165, 1.54) is 6.07 Å². The summed E-state index contributed by atoms with van der Waals surface area (Å²) in [5, 5.41) is 0. The number of para-hydroxylation sites is 1. The van der Waals surface area contributed by atoms with Crippen LogP contribution in [0.4, 0.5) is 10.1 Å². The molecule has 26 heavy (non-hydrogen) atoms. The number of amides is 2. The van der Waals surface area contributed by atoms with Gasteiger partial charge in [-0.3, -0.25) is 9.59 Å². The van der Waals surface area contributed by atoms with Crippen molar-refractivity contribution in [3.63, 3.8) is 0 Å². The predicted molar refractivity (Wildman–Crippen MR) is 102 cm³/mol. The van der Waals surface area contributed by atoms with Crippen molar-refractivity contribution in [2.45, 2.75) is 39.5 Å². The van der Waals surface area contributed by atoms with E-state index in [1.54, 1.807) is 28.0 Å². The van der Waals surface area contributed by atoms with Crippen molar-refractivity contribution < 1.29 is 14.0 Å². The Morgan fingerprint density at radius 3 is 2.12 bits per heavy atom. The summed E-state index contributed by atoms with van der Waals surface area (Å²) < 4.78 is 13.9. The number of anilines is 1. The van der Waals surface area contributed by atoms with E-state index in [9.17, 15) is 14.0 Å². The lowest BCUT2D eigenvalue weighted by Gasteiger charge is -2.36. The Hall–Kier alpha value is -2.11. The van der Waals surface area contributed by atoms with E-state index in [0.717, 1.165) is 25.7 Å². The van der Waals surface area contributed by atoms with Gasteiger partial charge in [-0.15, -0.1) is 0 Å². The molecule has 0 atom stereocenters. The average molecular weight is 363 g/mol. The maximum absolute atomic E-state index is 13.9. The van der Waals surface area contributed by atoms with Crippen LogP contribution in [0.2, 0.25) is 0 Å². The van der Waals surface area contributed by atoms with Gasteiger partial charge in [-0.05, 0) is 25.0 Å². The Labute approximate surface area is 155 Å². The molecule has 0 bridgehead atoms. The molecule has 144 valence electrons. The Balaban J connectivity index is 1.93. The van der Waals surface area contributed by atoms with Crippen LogP contribution in [0.1, 0.15) is 39.5 Å². The van der Waals surface area contributed by atoms with Crippen LogP contribution in [-0.2, 0) is 9.59 Å². The van der Waals surface area contributed by atoms with Gasteiger partial charge in [-0.2, -0.15) is 0 Å². The first-order valence-electron chi connectivity index (χ1n) is 9.66. The monoisotopic (exact) mass is 363 g/mol. The van der Waals surface area contributed by atoms with Crippen LogP contribution in [0.15, 0.2) is 24.3 Å². The van der Waals surface area contributed by atoms with E-state index in [2.05, 4.69) is 13.8 Å². The number of halogens is 1. The summed E-state index contributed by atoms with van der Waals surface area (Å²) in [6.07, 6.45) is 3.80. The Kier molecular flexibility index (Phi) is 7.88. The molecule has 0 saturated carbocycles. The van der Waals surface area contributed by atoms with Gasteiger partial charge in [0.1, 0.15) is 5.82 Å². The number of rotatable bonds is 7. The zero-order valence-electron chi connectivity index (χ0n) is 15.9. The standard InChI is InChI=1S/C20H30FN3O2/c1-3-5-11-23(12-6-4-2)19(25)20(26)24-15-13-22(14-16-24)18-10-8-7-9-17(18)21/h7-10H,3-6,11-16H2,1-2H3. The smallest absolute Gasteiger partial charge is 0.312 e. The van der Waals surface area contributed by atoms with Crippen LogP contribution in [-0.4, -0.2) is 60.9 Å². The topological polar surface area (TPSA) is 43.9 Å². The molecular weight excluding hydrogens is 333 g/mol. The molecule has 1 aromatic carbocycles. The van der Waals surface area contributed by atoms with Crippen molar-refractivity contribution in [1.82, 2.24) is 9.80 Å². The third-order valence-corrected chi connectivity index (χ3v) is 4.79. The van der Waals surface area contributed by atoms with Crippen molar-refractivity contribution >= 4 is 17.5 Å². The summed E-state index contributed by atoms with van der Waals surface area (Å²) in [6.45, 7) is 7.36. The minimum atomic E-state index is -0.426. The maximum atomic E-state index is 13.9. The Bertz CT molecular complexity index is 592. The number of carbonyl (C=O) groups excluding carboxylic acids is 2. The van der Waals surface area contributed by atoms with Gasteiger partial charge in [0.05, 0.1) is 5.69 Å². The highest BCUT2D eigenvalue weighted by Gasteiger charge is 2.29. The van der Waals surface area contributed by atoms with E-state index in [0.29, 0.717) is 45.0 Å². The third kappa shape index (κ3) is 5.19. The number of carbonyl (C=O) groups is 2. The number of benzene rings is 1. The first-order valence-corrected chi connectivity index (χ1v) is 9.66. The number of hydrogen-bond acceptors (Lipinski definition) is 3. The maximum Gasteiger partial charge on any atom is 0.312 e. The van der Waals surface area contributed by atoms with Crippen LogP contribution in [0, 0.1) is 5.82 Å². The first kappa shape index (κ1) is 20.2. The van der Waals surface area contributed by atoms with E-state index in [-0.39, 0.29) is 5.82 Å². The number of unbranched alkanes of at least 4 members (excludes halogenated alkanes) is 2. The molecule has 1 aliphatic rings. The zero-order valence-corrected chi connectivity index (χ0v) is 15.9. The average Bonchev–Trinajstić information content (AvgIpc) is 2.67. The minimum absolute atomic E-state index is 0.256. The predicted octanol–water partition coefficient (Wildman–Crippen LogP) is 2.90. The van der Waals surface area contributed by atoms with Gasteiger partial charge in [0, 0.05) is 39.3 Å². The van der Waals surface area contributed by atoms with Crippen LogP contribution < -0.4 is 4.90 Å². The van der Waals surface area contributed by atoms with Crippen molar-refractivity contribution in [3.8, 4) is 0 Å². The Morgan fingerprint density at radius 1 is 1.00 bits per heavy atom. The molecule has 2 rings (SSSR count). The van der Waals surface area contributed by atoms with Crippen LogP contribution in [0.25, 0.3) is 0 Å². The van der Waals surface area contributed by atoms with Gasteiger partial charge in [0.25, 0.3) is 0 Å². The largest absolute Gasteiger partial charge is 0.366 e. The molecule has 0 spiro atoms. The summed E-state index contributed by atoms with van der Waals surface area (Å²) in [7, 11) is 0. The van der Waals surface area contributed by atoms with Crippen molar-refractivity contribution in [2.24, 2.45) is 0 Å².